The Bertz CT molecular complexity index is 179. The van der Waals surface area contributed by atoms with Crippen molar-refractivity contribution >= 4 is 0 Å². The lowest BCUT2D eigenvalue weighted by Crippen LogP contribution is -1.97. The van der Waals surface area contributed by atoms with Crippen molar-refractivity contribution in [3.8, 4) is 11.8 Å². The molecule has 0 radical (unpaired) electrons. The Morgan fingerprint density at radius 2 is 2.18 bits per heavy atom. The van der Waals surface area contributed by atoms with Gasteiger partial charge < -0.3 is 4.74 Å². The van der Waals surface area contributed by atoms with Crippen LogP contribution in [0.15, 0.2) is 0 Å². The molecule has 62 valence electrons. The van der Waals surface area contributed by atoms with Gasteiger partial charge in [-0.1, -0.05) is 19.8 Å². The number of hydrogen-bond acceptors (Lipinski definition) is 1. The van der Waals surface area contributed by atoms with Gasteiger partial charge in [0.25, 0.3) is 0 Å². The van der Waals surface area contributed by atoms with Crippen LogP contribution in [0.3, 0.4) is 0 Å². The van der Waals surface area contributed by atoms with Gasteiger partial charge in [0.05, 0.1) is 6.61 Å². The van der Waals surface area contributed by atoms with Crippen LogP contribution in [0.25, 0.3) is 0 Å². The molecule has 1 aliphatic rings. The fourth-order valence-corrected chi connectivity index (χ4v) is 0.791. The quantitative estimate of drug-likeness (QED) is 0.436. The highest BCUT2D eigenvalue weighted by Crippen LogP contribution is 2.24. The summed E-state index contributed by atoms with van der Waals surface area (Å²) in [7, 11) is 0. The van der Waals surface area contributed by atoms with Crippen molar-refractivity contribution in [1.29, 1.82) is 0 Å². The van der Waals surface area contributed by atoms with Gasteiger partial charge in [-0.3, -0.25) is 0 Å². The molecule has 1 saturated heterocycles. The molecule has 0 amide bonds. The van der Waals surface area contributed by atoms with Crippen molar-refractivity contribution in [2.75, 3.05) is 6.61 Å². The van der Waals surface area contributed by atoms with Gasteiger partial charge in [-0.2, -0.15) is 0 Å². The van der Waals surface area contributed by atoms with E-state index in [1.54, 1.807) is 0 Å². The minimum Gasteiger partial charge on any atom is -0.356 e. The molecule has 11 heavy (non-hydrogen) atoms. The molecular formula is C10H16O. The van der Waals surface area contributed by atoms with Crippen LogP contribution in [0.4, 0.5) is 0 Å². The number of epoxide rings is 1. The lowest BCUT2D eigenvalue weighted by atomic mass is 10.1. The summed E-state index contributed by atoms with van der Waals surface area (Å²) in [6.07, 6.45) is 2.21. The standard InChI is InChI=1S/C10H16O/c1-9(2)6-4-5-7-10(3)8-11-10/h9H,4,6,8H2,1-3H3. The summed E-state index contributed by atoms with van der Waals surface area (Å²) in [5.41, 5.74) is -0.0724. The zero-order valence-corrected chi connectivity index (χ0v) is 7.61. The van der Waals surface area contributed by atoms with E-state index in [2.05, 4.69) is 25.7 Å². The fourth-order valence-electron chi connectivity index (χ4n) is 0.791. The van der Waals surface area contributed by atoms with Crippen LogP contribution in [0.1, 0.15) is 33.6 Å². The highest BCUT2D eigenvalue weighted by Gasteiger charge is 2.36. The Morgan fingerprint density at radius 1 is 1.55 bits per heavy atom. The third-order valence-electron chi connectivity index (χ3n) is 1.78. The lowest BCUT2D eigenvalue weighted by Gasteiger charge is -1.97. The summed E-state index contributed by atoms with van der Waals surface area (Å²) in [5, 5.41) is 0. The predicted octanol–water partition coefficient (Wildman–Crippen LogP) is 2.21. The first-order valence-corrected chi connectivity index (χ1v) is 4.26. The van der Waals surface area contributed by atoms with E-state index in [1.165, 1.54) is 6.42 Å². The van der Waals surface area contributed by atoms with E-state index in [1.807, 2.05) is 6.92 Å². The third kappa shape index (κ3) is 3.43. The molecule has 0 aromatic rings. The second kappa shape index (κ2) is 3.28. The van der Waals surface area contributed by atoms with Crippen LogP contribution < -0.4 is 0 Å². The van der Waals surface area contributed by atoms with Gasteiger partial charge in [0, 0.05) is 6.42 Å². The molecule has 0 aliphatic carbocycles. The molecule has 1 aliphatic heterocycles. The molecular weight excluding hydrogens is 136 g/mol. The van der Waals surface area contributed by atoms with Gasteiger partial charge in [-0.05, 0) is 19.3 Å². The fraction of sp³-hybridized carbons (Fsp3) is 0.800. The van der Waals surface area contributed by atoms with Gasteiger partial charge in [0.15, 0.2) is 0 Å². The average Bonchev–Trinajstić information content (AvgIpc) is 2.62. The largest absolute Gasteiger partial charge is 0.356 e. The Morgan fingerprint density at radius 3 is 2.64 bits per heavy atom. The third-order valence-corrected chi connectivity index (χ3v) is 1.78. The molecule has 1 atom stereocenters. The van der Waals surface area contributed by atoms with Crippen LogP contribution in [0.5, 0.6) is 0 Å². The van der Waals surface area contributed by atoms with Crippen molar-refractivity contribution in [2.45, 2.75) is 39.2 Å². The van der Waals surface area contributed by atoms with Crippen molar-refractivity contribution in [2.24, 2.45) is 5.92 Å². The Kier molecular flexibility index (Phi) is 2.57. The Labute approximate surface area is 69.1 Å². The zero-order valence-electron chi connectivity index (χ0n) is 7.61. The van der Waals surface area contributed by atoms with Crippen LogP contribution >= 0.6 is 0 Å². The summed E-state index contributed by atoms with van der Waals surface area (Å²) in [5.74, 6) is 7.02. The first-order chi connectivity index (χ1) is 5.12. The van der Waals surface area contributed by atoms with Crippen molar-refractivity contribution in [3.05, 3.63) is 0 Å². The van der Waals surface area contributed by atoms with Crippen molar-refractivity contribution in [3.63, 3.8) is 0 Å². The van der Waals surface area contributed by atoms with Crippen molar-refractivity contribution in [1.82, 2.24) is 0 Å². The number of ether oxygens (including phenoxy) is 1. The van der Waals surface area contributed by atoms with E-state index in [0.717, 1.165) is 18.9 Å². The summed E-state index contributed by atoms with van der Waals surface area (Å²) in [4.78, 5) is 0. The summed E-state index contributed by atoms with van der Waals surface area (Å²) >= 11 is 0. The molecule has 0 spiro atoms. The second-order valence-corrected chi connectivity index (χ2v) is 3.75. The molecule has 1 heteroatoms. The molecule has 0 saturated carbocycles. The van der Waals surface area contributed by atoms with Gasteiger partial charge in [0.2, 0.25) is 0 Å². The van der Waals surface area contributed by atoms with E-state index in [0.29, 0.717) is 0 Å². The minimum absolute atomic E-state index is 0.0724. The molecule has 1 unspecified atom stereocenters. The van der Waals surface area contributed by atoms with Gasteiger partial charge >= 0.3 is 0 Å². The van der Waals surface area contributed by atoms with E-state index in [9.17, 15) is 0 Å². The predicted molar refractivity (Wildman–Crippen MR) is 46.2 cm³/mol. The maximum Gasteiger partial charge on any atom is 0.149 e. The number of rotatable bonds is 2. The van der Waals surface area contributed by atoms with Crippen LogP contribution in [-0.2, 0) is 4.74 Å². The molecule has 0 bridgehead atoms. The topological polar surface area (TPSA) is 12.5 Å². The zero-order chi connectivity index (χ0) is 8.32. The molecule has 1 fully saturated rings. The van der Waals surface area contributed by atoms with Gasteiger partial charge in [-0.25, -0.2) is 0 Å². The Balaban J connectivity index is 2.13. The van der Waals surface area contributed by atoms with E-state index in [-0.39, 0.29) is 5.60 Å². The molecule has 1 nitrogen and oxygen atoms in total. The van der Waals surface area contributed by atoms with Gasteiger partial charge in [-0.15, -0.1) is 5.92 Å². The summed E-state index contributed by atoms with van der Waals surface area (Å²) in [6.45, 7) is 7.30. The highest BCUT2D eigenvalue weighted by molar-refractivity contribution is 5.18. The molecule has 0 aromatic heterocycles. The van der Waals surface area contributed by atoms with E-state index in [4.69, 9.17) is 4.74 Å². The first kappa shape index (κ1) is 8.62. The summed E-state index contributed by atoms with van der Waals surface area (Å²) in [6, 6.07) is 0. The maximum absolute atomic E-state index is 5.13. The van der Waals surface area contributed by atoms with Crippen LogP contribution in [0, 0.1) is 17.8 Å². The van der Waals surface area contributed by atoms with Crippen molar-refractivity contribution < 1.29 is 4.74 Å². The monoisotopic (exact) mass is 152 g/mol. The van der Waals surface area contributed by atoms with E-state index >= 15 is 0 Å². The van der Waals surface area contributed by atoms with Crippen LogP contribution in [-0.4, -0.2) is 12.2 Å². The highest BCUT2D eigenvalue weighted by atomic mass is 16.6. The minimum atomic E-state index is -0.0724. The lowest BCUT2D eigenvalue weighted by molar-refractivity contribution is 0.377. The second-order valence-electron chi connectivity index (χ2n) is 3.75. The Hall–Kier alpha value is -0.480. The molecule has 0 N–H and O–H groups in total. The average molecular weight is 152 g/mol. The SMILES string of the molecule is CC(C)CCC#CC1(C)CO1. The molecule has 1 heterocycles. The first-order valence-electron chi connectivity index (χ1n) is 4.26. The maximum atomic E-state index is 5.13. The molecule has 0 aromatic carbocycles. The number of hydrogen-bond donors (Lipinski definition) is 0. The smallest absolute Gasteiger partial charge is 0.149 e. The molecule has 1 rings (SSSR count). The van der Waals surface area contributed by atoms with Gasteiger partial charge in [0.1, 0.15) is 5.60 Å². The normalized spacial score (nSPS) is 28.0. The summed E-state index contributed by atoms with van der Waals surface area (Å²) < 4.78 is 5.13. The van der Waals surface area contributed by atoms with Crippen LogP contribution in [0.2, 0.25) is 0 Å². The van der Waals surface area contributed by atoms with E-state index < -0.39 is 0 Å².